The maximum Gasteiger partial charge on any atom is 0.319 e. The third-order valence-electron chi connectivity index (χ3n) is 3.95. The Morgan fingerprint density at radius 3 is 2.63 bits per heavy atom. The number of aliphatic imine (C=N–C) groups is 1. The molecular weight excluding hydrogens is 494 g/mol. The lowest BCUT2D eigenvalue weighted by Gasteiger charge is -2.27. The highest BCUT2D eigenvalue weighted by Crippen LogP contribution is 2.29. The Morgan fingerprint density at radius 1 is 1.33 bits per heavy atom. The Balaban J connectivity index is 0.00000364. The number of aromatic nitrogens is 2. The highest BCUT2D eigenvalue weighted by atomic mass is 127. The van der Waals surface area contributed by atoms with Gasteiger partial charge in [-0.2, -0.15) is 8.78 Å². The van der Waals surface area contributed by atoms with E-state index in [-0.39, 0.29) is 36.3 Å². The molecule has 0 saturated heterocycles. The Labute approximate surface area is 178 Å². The maximum atomic E-state index is 13.2. The maximum absolute atomic E-state index is 13.2. The van der Waals surface area contributed by atoms with Gasteiger partial charge in [0.1, 0.15) is 11.6 Å². The number of hydrogen-bond acceptors (Lipinski definition) is 2. The van der Waals surface area contributed by atoms with E-state index in [4.69, 9.17) is 11.6 Å². The minimum atomic E-state index is -2.65. The summed E-state index contributed by atoms with van der Waals surface area (Å²) in [6.07, 6.45) is 2.54. The molecule has 1 heterocycles. The van der Waals surface area contributed by atoms with Crippen molar-refractivity contribution >= 4 is 41.5 Å². The molecule has 0 fully saturated rings. The van der Waals surface area contributed by atoms with Gasteiger partial charge in [-0.25, -0.2) is 9.37 Å². The van der Waals surface area contributed by atoms with Crippen LogP contribution in [-0.4, -0.2) is 29.1 Å². The number of hydrogen-bond donors (Lipinski definition) is 2. The average Bonchev–Trinajstić information content (AvgIpc) is 3.03. The molecular formula is C17H22ClF3IN5. The van der Waals surface area contributed by atoms with E-state index in [0.29, 0.717) is 17.5 Å². The number of rotatable bonds is 6. The fraction of sp³-hybridized carbons (Fsp3) is 0.412. The highest BCUT2D eigenvalue weighted by Gasteiger charge is 2.24. The van der Waals surface area contributed by atoms with Crippen LogP contribution in [0.25, 0.3) is 0 Å². The molecule has 0 spiro atoms. The largest absolute Gasteiger partial charge is 0.356 e. The first-order valence-corrected chi connectivity index (χ1v) is 8.32. The molecule has 2 rings (SSSR count). The summed E-state index contributed by atoms with van der Waals surface area (Å²) in [7, 11) is 1.58. The first kappa shape index (κ1) is 23.5. The van der Waals surface area contributed by atoms with Crippen LogP contribution in [0.5, 0.6) is 0 Å². The van der Waals surface area contributed by atoms with Gasteiger partial charge in [0, 0.05) is 36.4 Å². The van der Waals surface area contributed by atoms with E-state index in [1.54, 1.807) is 13.1 Å². The van der Waals surface area contributed by atoms with Crippen molar-refractivity contribution in [1.82, 2.24) is 20.2 Å². The van der Waals surface area contributed by atoms with E-state index in [2.05, 4.69) is 20.6 Å². The number of halogens is 5. The third-order valence-corrected chi connectivity index (χ3v) is 4.27. The van der Waals surface area contributed by atoms with Gasteiger partial charge >= 0.3 is 6.55 Å². The summed E-state index contributed by atoms with van der Waals surface area (Å²) in [5.74, 6) is 0.235. The number of nitrogens with zero attached hydrogens (tertiary/aromatic N) is 3. The van der Waals surface area contributed by atoms with Crippen molar-refractivity contribution in [2.45, 2.75) is 32.4 Å². The smallest absolute Gasteiger partial charge is 0.319 e. The molecule has 0 aliphatic carbocycles. The Morgan fingerprint density at radius 2 is 2.04 bits per heavy atom. The molecule has 10 heteroatoms. The van der Waals surface area contributed by atoms with Gasteiger partial charge in [-0.05, 0) is 17.7 Å². The summed E-state index contributed by atoms with van der Waals surface area (Å²) < 4.78 is 39.7. The second-order valence-electron chi connectivity index (χ2n) is 6.32. The zero-order chi connectivity index (χ0) is 19.3. The topological polar surface area (TPSA) is 54.2 Å². The molecule has 150 valence electrons. The Bertz CT molecular complexity index is 780. The second-order valence-corrected chi connectivity index (χ2v) is 6.72. The molecule has 0 radical (unpaired) electrons. The van der Waals surface area contributed by atoms with Gasteiger partial charge in [-0.15, -0.1) is 24.0 Å². The molecule has 0 saturated carbocycles. The van der Waals surface area contributed by atoms with E-state index < -0.39 is 17.8 Å². The third kappa shape index (κ3) is 6.27. The second kappa shape index (κ2) is 10.2. The van der Waals surface area contributed by atoms with Crippen molar-refractivity contribution in [3.05, 3.63) is 52.8 Å². The summed E-state index contributed by atoms with van der Waals surface area (Å²) in [6, 6.07) is 4.28. The van der Waals surface area contributed by atoms with Crippen LogP contribution in [0.2, 0.25) is 5.02 Å². The monoisotopic (exact) mass is 515 g/mol. The predicted molar refractivity (Wildman–Crippen MR) is 112 cm³/mol. The van der Waals surface area contributed by atoms with Gasteiger partial charge in [0.05, 0.1) is 6.54 Å². The van der Waals surface area contributed by atoms with Crippen molar-refractivity contribution in [2.24, 2.45) is 4.99 Å². The molecule has 1 aromatic carbocycles. The lowest BCUT2D eigenvalue weighted by atomic mass is 9.84. The van der Waals surface area contributed by atoms with Crippen molar-refractivity contribution in [3.63, 3.8) is 0 Å². The predicted octanol–water partition coefficient (Wildman–Crippen LogP) is 4.33. The quantitative estimate of drug-likeness (QED) is 0.342. The van der Waals surface area contributed by atoms with Crippen molar-refractivity contribution in [2.75, 3.05) is 13.6 Å². The van der Waals surface area contributed by atoms with Gasteiger partial charge < -0.3 is 10.6 Å². The van der Waals surface area contributed by atoms with Crippen LogP contribution in [0.1, 0.15) is 31.8 Å². The number of guanidine groups is 1. The van der Waals surface area contributed by atoms with E-state index in [1.807, 2.05) is 13.8 Å². The molecule has 0 atom stereocenters. The minimum Gasteiger partial charge on any atom is -0.356 e. The van der Waals surface area contributed by atoms with Gasteiger partial charge in [-0.3, -0.25) is 9.56 Å². The first-order valence-electron chi connectivity index (χ1n) is 7.94. The molecule has 0 unspecified atom stereocenters. The number of benzene rings is 1. The van der Waals surface area contributed by atoms with Crippen LogP contribution in [0.4, 0.5) is 13.2 Å². The first-order chi connectivity index (χ1) is 12.2. The zero-order valence-corrected chi connectivity index (χ0v) is 18.2. The summed E-state index contributed by atoms with van der Waals surface area (Å²) in [5.41, 5.74) is 0.376. The fourth-order valence-electron chi connectivity index (χ4n) is 2.48. The lowest BCUT2D eigenvalue weighted by Crippen LogP contribution is -2.43. The molecule has 27 heavy (non-hydrogen) atoms. The Kier molecular flexibility index (Phi) is 8.86. The molecule has 2 N–H and O–H groups in total. The van der Waals surface area contributed by atoms with Crippen LogP contribution in [0.3, 0.4) is 0 Å². The van der Waals surface area contributed by atoms with Crippen molar-refractivity contribution in [3.8, 4) is 0 Å². The van der Waals surface area contributed by atoms with E-state index >= 15 is 0 Å². The molecule has 1 aromatic heterocycles. The number of alkyl halides is 2. The standard InChI is InChI=1S/C17H21ClF3N5.HI/c1-17(2,12-5-4-11(19)8-13(12)18)10-25-16(22-3)24-9-14-23-6-7-26(14)15(20)21;/h4-8,15H,9-10H2,1-3H3,(H2,22,24,25);1H. The van der Waals surface area contributed by atoms with E-state index in [0.717, 1.165) is 10.1 Å². The van der Waals surface area contributed by atoms with Gasteiger partial charge in [-0.1, -0.05) is 31.5 Å². The van der Waals surface area contributed by atoms with Crippen LogP contribution in [0.15, 0.2) is 35.6 Å². The lowest BCUT2D eigenvalue weighted by molar-refractivity contribution is 0.0668. The normalized spacial score (nSPS) is 12.1. The average molecular weight is 516 g/mol. The summed E-state index contributed by atoms with van der Waals surface area (Å²) in [6.45, 7) is 1.80. The number of nitrogens with one attached hydrogen (secondary N) is 2. The van der Waals surface area contributed by atoms with Crippen molar-refractivity contribution in [1.29, 1.82) is 0 Å². The molecule has 0 bridgehead atoms. The fourth-order valence-corrected chi connectivity index (χ4v) is 2.90. The van der Waals surface area contributed by atoms with Gasteiger partial charge in [0.15, 0.2) is 5.96 Å². The highest BCUT2D eigenvalue weighted by molar-refractivity contribution is 14.0. The minimum absolute atomic E-state index is 0. The van der Waals surface area contributed by atoms with Crippen LogP contribution >= 0.6 is 35.6 Å². The molecule has 0 amide bonds. The zero-order valence-electron chi connectivity index (χ0n) is 15.1. The number of imidazole rings is 1. The van der Waals surface area contributed by atoms with Crippen LogP contribution < -0.4 is 10.6 Å². The molecule has 0 aliphatic rings. The molecule has 0 aliphatic heterocycles. The van der Waals surface area contributed by atoms with Gasteiger partial charge in [0.25, 0.3) is 0 Å². The molecule has 5 nitrogen and oxygen atoms in total. The van der Waals surface area contributed by atoms with E-state index in [9.17, 15) is 13.2 Å². The van der Waals surface area contributed by atoms with Gasteiger partial charge in [0.2, 0.25) is 0 Å². The Hall–Kier alpha value is -1.49. The van der Waals surface area contributed by atoms with Crippen LogP contribution in [-0.2, 0) is 12.0 Å². The summed E-state index contributed by atoms with van der Waals surface area (Å²) >= 11 is 6.14. The summed E-state index contributed by atoms with van der Waals surface area (Å²) in [5, 5.41) is 6.41. The van der Waals surface area contributed by atoms with E-state index in [1.165, 1.54) is 24.5 Å². The van der Waals surface area contributed by atoms with Crippen molar-refractivity contribution < 1.29 is 13.2 Å². The SMILES string of the molecule is CN=C(NCc1nccn1C(F)F)NCC(C)(C)c1ccc(F)cc1Cl.I. The van der Waals surface area contributed by atoms with Crippen LogP contribution in [0, 0.1) is 5.82 Å². The summed E-state index contributed by atoms with van der Waals surface area (Å²) in [4.78, 5) is 7.98. The molecule has 2 aromatic rings.